The molecule has 2 aliphatic carbocycles. The zero-order valence-electron chi connectivity index (χ0n) is 18.9. The Kier molecular flexibility index (Phi) is 7.98. The molecule has 2 rings (SSSR count). The van der Waals surface area contributed by atoms with Gasteiger partial charge in [-0.15, -0.1) is 0 Å². The van der Waals surface area contributed by atoms with E-state index in [1.165, 1.54) is 49.7 Å². The van der Waals surface area contributed by atoms with Gasteiger partial charge in [0.1, 0.15) is 0 Å². The van der Waals surface area contributed by atoms with Gasteiger partial charge in [0.2, 0.25) is 0 Å². The number of hydrogen-bond acceptors (Lipinski definition) is 1. The minimum atomic E-state index is -0.140. The third-order valence-corrected chi connectivity index (χ3v) is 7.84. The first kappa shape index (κ1) is 22.5. The second kappa shape index (κ2) is 9.59. The van der Waals surface area contributed by atoms with Crippen LogP contribution in [0.1, 0.15) is 92.9 Å². The molecule has 2 aliphatic rings. The van der Waals surface area contributed by atoms with E-state index in [0.717, 1.165) is 24.7 Å². The van der Waals surface area contributed by atoms with Gasteiger partial charge in [-0.05, 0) is 93.0 Å². The SMILES string of the molecule is C=C(C)C(=CC=C1CCCC2(C)C1CCC2C(C)CCC(O)C(C)C)CC. The fourth-order valence-corrected chi connectivity index (χ4v) is 5.95. The van der Waals surface area contributed by atoms with E-state index in [1.807, 2.05) is 0 Å². The average Bonchev–Trinajstić information content (AvgIpc) is 2.97. The minimum absolute atomic E-state index is 0.140. The van der Waals surface area contributed by atoms with E-state index in [4.69, 9.17) is 0 Å². The van der Waals surface area contributed by atoms with Gasteiger partial charge in [0.05, 0.1) is 6.10 Å². The lowest BCUT2D eigenvalue weighted by molar-refractivity contribution is 0.0717. The maximum Gasteiger partial charge on any atom is 0.0563 e. The molecule has 0 spiro atoms. The fourth-order valence-electron chi connectivity index (χ4n) is 5.95. The van der Waals surface area contributed by atoms with E-state index >= 15 is 0 Å². The van der Waals surface area contributed by atoms with Gasteiger partial charge in [0, 0.05) is 0 Å². The van der Waals surface area contributed by atoms with Gasteiger partial charge in [0.25, 0.3) is 0 Å². The maximum atomic E-state index is 10.2. The van der Waals surface area contributed by atoms with Crippen molar-refractivity contribution in [2.75, 3.05) is 0 Å². The molecule has 5 atom stereocenters. The Morgan fingerprint density at radius 1 is 1.26 bits per heavy atom. The Bertz CT molecular complexity index is 567. The quantitative estimate of drug-likeness (QED) is 0.438. The zero-order chi connectivity index (χ0) is 20.2. The van der Waals surface area contributed by atoms with Gasteiger partial charge >= 0.3 is 0 Å². The van der Waals surface area contributed by atoms with Gasteiger partial charge in [-0.2, -0.15) is 0 Å². The summed E-state index contributed by atoms with van der Waals surface area (Å²) in [5.41, 5.74) is 4.73. The number of aliphatic hydroxyl groups is 1. The number of fused-ring (bicyclic) bond motifs is 1. The highest BCUT2D eigenvalue weighted by atomic mass is 16.3. The first-order valence-electron chi connectivity index (χ1n) is 11.4. The summed E-state index contributed by atoms with van der Waals surface area (Å²) in [5.74, 6) is 2.65. The molecule has 0 aliphatic heterocycles. The van der Waals surface area contributed by atoms with Crippen molar-refractivity contribution in [3.8, 4) is 0 Å². The Balaban J connectivity index is 2.11. The van der Waals surface area contributed by atoms with Crippen LogP contribution >= 0.6 is 0 Å². The van der Waals surface area contributed by atoms with Crippen molar-refractivity contribution < 1.29 is 5.11 Å². The lowest BCUT2D eigenvalue weighted by Gasteiger charge is -2.44. The molecule has 2 saturated carbocycles. The molecule has 0 saturated heterocycles. The Labute approximate surface area is 169 Å². The molecule has 0 heterocycles. The lowest BCUT2D eigenvalue weighted by Crippen LogP contribution is -2.36. The van der Waals surface area contributed by atoms with E-state index in [2.05, 4.69) is 60.3 Å². The number of allylic oxidation sites excluding steroid dienone is 5. The first-order chi connectivity index (χ1) is 12.7. The largest absolute Gasteiger partial charge is 0.393 e. The van der Waals surface area contributed by atoms with Crippen LogP contribution < -0.4 is 0 Å². The molecule has 0 aromatic carbocycles. The van der Waals surface area contributed by atoms with Crippen LogP contribution in [0.4, 0.5) is 0 Å². The van der Waals surface area contributed by atoms with Gasteiger partial charge in [-0.3, -0.25) is 0 Å². The highest BCUT2D eigenvalue weighted by Crippen LogP contribution is 2.59. The number of rotatable bonds is 8. The van der Waals surface area contributed by atoms with Crippen LogP contribution in [-0.4, -0.2) is 11.2 Å². The number of aliphatic hydroxyl groups excluding tert-OH is 1. The van der Waals surface area contributed by atoms with Crippen molar-refractivity contribution >= 4 is 0 Å². The molecular weight excluding hydrogens is 328 g/mol. The van der Waals surface area contributed by atoms with Gasteiger partial charge < -0.3 is 5.11 Å². The van der Waals surface area contributed by atoms with E-state index in [0.29, 0.717) is 17.3 Å². The third kappa shape index (κ3) is 5.17. The summed E-state index contributed by atoms with van der Waals surface area (Å²) < 4.78 is 0. The monoisotopic (exact) mass is 372 g/mol. The Morgan fingerprint density at radius 2 is 1.96 bits per heavy atom. The average molecular weight is 373 g/mol. The molecule has 0 radical (unpaired) electrons. The minimum Gasteiger partial charge on any atom is -0.393 e. The third-order valence-electron chi connectivity index (χ3n) is 7.84. The van der Waals surface area contributed by atoms with Crippen LogP contribution in [0.5, 0.6) is 0 Å². The van der Waals surface area contributed by atoms with Crippen LogP contribution in [0, 0.1) is 29.1 Å². The number of hydrogen-bond donors (Lipinski definition) is 1. The van der Waals surface area contributed by atoms with Crippen molar-refractivity contribution in [3.63, 3.8) is 0 Å². The topological polar surface area (TPSA) is 20.2 Å². The van der Waals surface area contributed by atoms with E-state index < -0.39 is 0 Å². The summed E-state index contributed by atoms with van der Waals surface area (Å²) in [6, 6.07) is 0. The van der Waals surface area contributed by atoms with Gasteiger partial charge in [-0.1, -0.05) is 64.5 Å². The zero-order valence-corrected chi connectivity index (χ0v) is 18.9. The summed E-state index contributed by atoms with van der Waals surface area (Å²) in [7, 11) is 0. The predicted octanol–water partition coefficient (Wildman–Crippen LogP) is 7.47. The second-order valence-electron chi connectivity index (χ2n) is 10.0. The standard InChI is InChI=1S/C26H44O/c1-8-21(18(2)3)12-13-22-10-9-17-26(7)23(14-15-24(22)26)20(6)11-16-25(27)19(4)5/h12-13,19-20,23-25,27H,2,8-11,14-17H2,1,3-7H3. The highest BCUT2D eigenvalue weighted by molar-refractivity contribution is 5.32. The molecular formula is C26H44O. The van der Waals surface area contributed by atoms with Crippen LogP contribution in [0.25, 0.3) is 0 Å². The van der Waals surface area contributed by atoms with Crippen LogP contribution in [0.15, 0.2) is 35.5 Å². The van der Waals surface area contributed by atoms with Crippen molar-refractivity contribution in [3.05, 3.63) is 35.5 Å². The van der Waals surface area contributed by atoms with Crippen LogP contribution in [0.2, 0.25) is 0 Å². The summed E-state index contributed by atoms with van der Waals surface area (Å²) in [4.78, 5) is 0. The van der Waals surface area contributed by atoms with E-state index in [9.17, 15) is 5.11 Å². The molecule has 0 amide bonds. The summed E-state index contributed by atoms with van der Waals surface area (Å²) in [6.07, 6.45) is 14.6. The molecule has 1 N–H and O–H groups in total. The normalized spacial score (nSPS) is 32.6. The smallest absolute Gasteiger partial charge is 0.0563 e. The van der Waals surface area contributed by atoms with Crippen molar-refractivity contribution in [2.45, 2.75) is 99.0 Å². The summed E-state index contributed by atoms with van der Waals surface area (Å²) in [5, 5.41) is 10.2. The van der Waals surface area contributed by atoms with E-state index in [1.54, 1.807) is 5.57 Å². The Hall–Kier alpha value is -0.820. The summed E-state index contributed by atoms with van der Waals surface area (Å²) in [6.45, 7) is 17.8. The van der Waals surface area contributed by atoms with Crippen molar-refractivity contribution in [1.29, 1.82) is 0 Å². The molecule has 2 fully saturated rings. The molecule has 0 aromatic rings. The predicted molar refractivity (Wildman–Crippen MR) is 119 cm³/mol. The molecule has 1 nitrogen and oxygen atoms in total. The van der Waals surface area contributed by atoms with Crippen LogP contribution in [0.3, 0.4) is 0 Å². The molecule has 154 valence electrons. The van der Waals surface area contributed by atoms with Crippen LogP contribution in [-0.2, 0) is 0 Å². The molecule has 0 aromatic heterocycles. The molecule has 5 unspecified atom stereocenters. The van der Waals surface area contributed by atoms with Gasteiger partial charge in [0.15, 0.2) is 0 Å². The summed E-state index contributed by atoms with van der Waals surface area (Å²) >= 11 is 0. The molecule has 1 heteroatoms. The van der Waals surface area contributed by atoms with Gasteiger partial charge in [-0.25, -0.2) is 0 Å². The highest BCUT2D eigenvalue weighted by Gasteiger charge is 2.50. The lowest BCUT2D eigenvalue weighted by atomic mass is 9.60. The molecule has 0 bridgehead atoms. The Morgan fingerprint density at radius 3 is 2.56 bits per heavy atom. The fraction of sp³-hybridized carbons (Fsp3) is 0.769. The molecule has 27 heavy (non-hydrogen) atoms. The van der Waals surface area contributed by atoms with E-state index in [-0.39, 0.29) is 6.10 Å². The second-order valence-corrected chi connectivity index (χ2v) is 10.0. The van der Waals surface area contributed by atoms with Crippen molar-refractivity contribution in [2.24, 2.45) is 29.1 Å². The van der Waals surface area contributed by atoms with Crippen molar-refractivity contribution in [1.82, 2.24) is 0 Å². The first-order valence-corrected chi connectivity index (χ1v) is 11.4. The maximum absolute atomic E-state index is 10.2.